The summed E-state index contributed by atoms with van der Waals surface area (Å²) in [7, 11) is 0. The van der Waals surface area contributed by atoms with Gasteiger partial charge in [0.15, 0.2) is 0 Å². The second kappa shape index (κ2) is 9.52. The predicted molar refractivity (Wildman–Crippen MR) is 91.1 cm³/mol. The number of aryl methyl sites for hydroxylation is 1. The first-order chi connectivity index (χ1) is 12.1. The second-order valence-corrected chi connectivity index (χ2v) is 5.57. The molecule has 0 atom stereocenters. The van der Waals surface area contributed by atoms with Crippen LogP contribution in [-0.4, -0.2) is 24.9 Å². The van der Waals surface area contributed by atoms with Crippen LogP contribution in [0.25, 0.3) is 0 Å². The van der Waals surface area contributed by atoms with E-state index >= 15 is 0 Å². The fourth-order valence-electron chi connectivity index (χ4n) is 2.31. The Kier molecular flexibility index (Phi) is 7.07. The molecule has 0 aliphatic carbocycles. The Morgan fingerprint density at radius 3 is 2.40 bits per heavy atom. The molecule has 0 radical (unpaired) electrons. The van der Waals surface area contributed by atoms with E-state index in [0.717, 1.165) is 25.0 Å². The lowest BCUT2D eigenvalue weighted by atomic mass is 10.1. The van der Waals surface area contributed by atoms with E-state index in [1.54, 1.807) is 0 Å². The summed E-state index contributed by atoms with van der Waals surface area (Å²) in [5, 5.41) is 5.22. The zero-order valence-electron chi connectivity index (χ0n) is 13.7. The summed E-state index contributed by atoms with van der Waals surface area (Å²) in [5.74, 6) is -2.53. The molecule has 4 nitrogen and oxygen atoms in total. The largest absolute Gasteiger partial charge is 0.356 e. The maximum atomic E-state index is 13.5. The van der Waals surface area contributed by atoms with Crippen molar-refractivity contribution in [3.63, 3.8) is 0 Å². The van der Waals surface area contributed by atoms with Gasteiger partial charge in [-0.15, -0.1) is 0 Å². The van der Waals surface area contributed by atoms with Crippen LogP contribution in [0.15, 0.2) is 48.5 Å². The van der Waals surface area contributed by atoms with Gasteiger partial charge in [0.25, 0.3) is 5.91 Å². The molecule has 2 N–H and O–H groups in total. The summed E-state index contributed by atoms with van der Waals surface area (Å²) in [4.78, 5) is 23.5. The highest BCUT2D eigenvalue weighted by molar-refractivity contribution is 5.94. The van der Waals surface area contributed by atoms with Crippen LogP contribution in [0.4, 0.5) is 8.78 Å². The Hall–Kier alpha value is -2.76. The molecule has 0 heterocycles. The van der Waals surface area contributed by atoms with Gasteiger partial charge in [-0.05, 0) is 30.5 Å². The van der Waals surface area contributed by atoms with Crippen LogP contribution >= 0.6 is 0 Å². The molecule has 0 spiro atoms. The van der Waals surface area contributed by atoms with Crippen molar-refractivity contribution in [3.05, 3.63) is 71.3 Å². The zero-order chi connectivity index (χ0) is 18.1. The molecular weight excluding hydrogens is 326 g/mol. The van der Waals surface area contributed by atoms with E-state index in [4.69, 9.17) is 0 Å². The van der Waals surface area contributed by atoms with Gasteiger partial charge in [0.05, 0.1) is 5.56 Å². The van der Waals surface area contributed by atoms with E-state index in [1.165, 1.54) is 5.56 Å². The number of carbonyl (C=O) groups is 2. The summed E-state index contributed by atoms with van der Waals surface area (Å²) >= 11 is 0. The molecule has 0 aliphatic rings. The molecule has 0 aromatic heterocycles. The smallest absolute Gasteiger partial charge is 0.254 e. The minimum Gasteiger partial charge on any atom is -0.356 e. The fourth-order valence-corrected chi connectivity index (χ4v) is 2.31. The average Bonchev–Trinajstić information content (AvgIpc) is 2.59. The van der Waals surface area contributed by atoms with Gasteiger partial charge in [-0.1, -0.05) is 30.3 Å². The third kappa shape index (κ3) is 6.33. The van der Waals surface area contributed by atoms with E-state index in [-0.39, 0.29) is 24.4 Å². The van der Waals surface area contributed by atoms with E-state index in [0.29, 0.717) is 12.6 Å². The van der Waals surface area contributed by atoms with Gasteiger partial charge in [0.1, 0.15) is 11.6 Å². The standard InChI is InChI=1S/C19H20F2N2O2/c20-15-8-9-16(17(21)13-15)19(25)23-12-10-18(24)22-11-4-7-14-5-2-1-3-6-14/h1-3,5-6,8-9,13H,4,7,10-12H2,(H,22,24)(H,23,25). The first-order valence-corrected chi connectivity index (χ1v) is 8.10. The van der Waals surface area contributed by atoms with Gasteiger partial charge in [0, 0.05) is 25.6 Å². The van der Waals surface area contributed by atoms with Gasteiger partial charge in [0.2, 0.25) is 5.91 Å². The van der Waals surface area contributed by atoms with Crippen molar-refractivity contribution >= 4 is 11.8 Å². The van der Waals surface area contributed by atoms with Gasteiger partial charge >= 0.3 is 0 Å². The molecular formula is C19H20F2N2O2. The molecule has 0 saturated carbocycles. The normalized spacial score (nSPS) is 10.3. The van der Waals surface area contributed by atoms with Crippen molar-refractivity contribution in [1.82, 2.24) is 10.6 Å². The molecule has 25 heavy (non-hydrogen) atoms. The summed E-state index contributed by atoms with van der Waals surface area (Å²) in [6.45, 7) is 0.633. The Balaban J connectivity index is 1.62. The SMILES string of the molecule is O=C(CCNC(=O)c1ccc(F)cc1F)NCCCc1ccccc1. The quantitative estimate of drug-likeness (QED) is 0.722. The monoisotopic (exact) mass is 346 g/mol. The second-order valence-electron chi connectivity index (χ2n) is 5.57. The number of halogens is 2. The molecule has 132 valence electrons. The maximum Gasteiger partial charge on any atom is 0.254 e. The van der Waals surface area contributed by atoms with Gasteiger partial charge in [-0.2, -0.15) is 0 Å². The predicted octanol–water partition coefficient (Wildman–Crippen LogP) is 2.83. The van der Waals surface area contributed by atoms with E-state index in [9.17, 15) is 18.4 Å². The van der Waals surface area contributed by atoms with Gasteiger partial charge in [-0.3, -0.25) is 9.59 Å². The molecule has 2 amide bonds. The third-order valence-corrected chi connectivity index (χ3v) is 3.62. The van der Waals surface area contributed by atoms with E-state index < -0.39 is 17.5 Å². The van der Waals surface area contributed by atoms with Crippen molar-refractivity contribution in [2.75, 3.05) is 13.1 Å². The van der Waals surface area contributed by atoms with E-state index in [2.05, 4.69) is 10.6 Å². The van der Waals surface area contributed by atoms with Crippen molar-refractivity contribution in [2.24, 2.45) is 0 Å². The van der Waals surface area contributed by atoms with Crippen LogP contribution in [0.5, 0.6) is 0 Å². The Morgan fingerprint density at radius 1 is 0.920 bits per heavy atom. The molecule has 0 unspecified atom stereocenters. The lowest BCUT2D eigenvalue weighted by Crippen LogP contribution is -2.31. The number of amides is 2. The molecule has 2 rings (SSSR count). The van der Waals surface area contributed by atoms with Crippen molar-refractivity contribution < 1.29 is 18.4 Å². The lowest BCUT2D eigenvalue weighted by Gasteiger charge is -2.07. The molecule has 6 heteroatoms. The maximum absolute atomic E-state index is 13.5. The molecule has 0 fully saturated rings. The third-order valence-electron chi connectivity index (χ3n) is 3.62. The number of carbonyl (C=O) groups excluding carboxylic acids is 2. The van der Waals surface area contributed by atoms with E-state index in [1.807, 2.05) is 30.3 Å². The van der Waals surface area contributed by atoms with Crippen molar-refractivity contribution in [1.29, 1.82) is 0 Å². The minimum absolute atomic E-state index is 0.0835. The minimum atomic E-state index is -0.928. The summed E-state index contributed by atoms with van der Waals surface area (Å²) in [5.41, 5.74) is 0.968. The van der Waals surface area contributed by atoms with Crippen molar-refractivity contribution in [2.45, 2.75) is 19.3 Å². The fraction of sp³-hybridized carbons (Fsp3) is 0.263. The number of hydrogen-bond donors (Lipinski definition) is 2. The zero-order valence-corrected chi connectivity index (χ0v) is 13.7. The van der Waals surface area contributed by atoms with Crippen LogP contribution < -0.4 is 10.6 Å². The first kappa shape index (κ1) is 18.6. The Labute approximate surface area is 145 Å². The highest BCUT2D eigenvalue weighted by Crippen LogP contribution is 2.09. The van der Waals surface area contributed by atoms with Crippen LogP contribution in [0.3, 0.4) is 0 Å². The molecule has 2 aromatic carbocycles. The van der Waals surface area contributed by atoms with Gasteiger partial charge in [-0.25, -0.2) is 8.78 Å². The summed E-state index contributed by atoms with van der Waals surface area (Å²) in [6, 6.07) is 12.7. The van der Waals surface area contributed by atoms with Crippen LogP contribution in [0.2, 0.25) is 0 Å². The topological polar surface area (TPSA) is 58.2 Å². The molecule has 0 saturated heterocycles. The molecule has 2 aromatic rings. The lowest BCUT2D eigenvalue weighted by molar-refractivity contribution is -0.120. The first-order valence-electron chi connectivity index (χ1n) is 8.10. The van der Waals surface area contributed by atoms with Crippen LogP contribution in [0, 0.1) is 11.6 Å². The summed E-state index contributed by atoms with van der Waals surface area (Å²) in [6.07, 6.45) is 1.80. The Morgan fingerprint density at radius 2 is 1.68 bits per heavy atom. The number of benzene rings is 2. The number of nitrogens with one attached hydrogen (secondary N) is 2. The molecule has 0 bridgehead atoms. The average molecular weight is 346 g/mol. The Bertz CT molecular complexity index is 721. The van der Waals surface area contributed by atoms with Crippen molar-refractivity contribution in [3.8, 4) is 0 Å². The van der Waals surface area contributed by atoms with Crippen LogP contribution in [-0.2, 0) is 11.2 Å². The number of hydrogen-bond acceptors (Lipinski definition) is 2. The van der Waals surface area contributed by atoms with Crippen LogP contribution in [0.1, 0.15) is 28.8 Å². The summed E-state index contributed by atoms with van der Waals surface area (Å²) < 4.78 is 26.3. The van der Waals surface area contributed by atoms with Gasteiger partial charge < -0.3 is 10.6 Å². The number of rotatable bonds is 8. The molecule has 0 aliphatic heterocycles. The highest BCUT2D eigenvalue weighted by Gasteiger charge is 2.12. The highest BCUT2D eigenvalue weighted by atomic mass is 19.1.